The molecule has 0 amide bonds. The fourth-order valence-corrected chi connectivity index (χ4v) is 2.04. The van der Waals surface area contributed by atoms with Crippen molar-refractivity contribution in [3.8, 4) is 0 Å². The maximum Gasteiger partial charge on any atom is 0.130 e. The Morgan fingerprint density at radius 1 is 1.36 bits per heavy atom. The summed E-state index contributed by atoms with van der Waals surface area (Å²) < 4.78 is 0. The van der Waals surface area contributed by atoms with Crippen molar-refractivity contribution in [2.45, 2.75) is 33.1 Å². The molecule has 1 fully saturated rings. The van der Waals surface area contributed by atoms with Crippen molar-refractivity contribution in [3.63, 3.8) is 0 Å². The highest BCUT2D eigenvalue weighted by Gasteiger charge is 2.46. The van der Waals surface area contributed by atoms with Gasteiger partial charge in [-0.05, 0) is 18.3 Å². The van der Waals surface area contributed by atoms with E-state index < -0.39 is 0 Å². The van der Waals surface area contributed by atoms with E-state index in [1.807, 2.05) is 6.08 Å². The van der Waals surface area contributed by atoms with Crippen molar-refractivity contribution < 1.29 is 4.79 Å². The summed E-state index contributed by atoms with van der Waals surface area (Å²) in [5.74, 6) is 0. The van der Waals surface area contributed by atoms with Crippen LogP contribution in [0.1, 0.15) is 33.1 Å². The van der Waals surface area contributed by atoms with Crippen LogP contribution in [0.25, 0.3) is 0 Å². The molecule has 0 aromatic heterocycles. The molecule has 0 aromatic carbocycles. The minimum Gasteiger partial charge on any atom is -0.302 e. The first kappa shape index (κ1) is 8.51. The topological polar surface area (TPSA) is 17.1 Å². The summed E-state index contributed by atoms with van der Waals surface area (Å²) >= 11 is 0. The van der Waals surface area contributed by atoms with Gasteiger partial charge in [0.05, 0.1) is 0 Å². The fourth-order valence-electron chi connectivity index (χ4n) is 2.04. The van der Waals surface area contributed by atoms with E-state index in [9.17, 15) is 4.79 Å². The molecule has 1 rings (SSSR count). The Kier molecular flexibility index (Phi) is 1.91. The highest BCUT2D eigenvalue weighted by Crippen LogP contribution is 2.51. The molecule has 1 saturated carbocycles. The van der Waals surface area contributed by atoms with Gasteiger partial charge in [0.25, 0.3) is 0 Å². The molecule has 0 aliphatic heterocycles. The first-order valence-electron chi connectivity index (χ1n) is 4.18. The van der Waals surface area contributed by atoms with E-state index >= 15 is 0 Å². The minimum atomic E-state index is -0.243. The number of hydrogen-bond donors (Lipinski definition) is 0. The molecule has 0 heterocycles. The first-order valence-corrected chi connectivity index (χ1v) is 4.18. The lowest BCUT2D eigenvalue weighted by Crippen LogP contribution is -2.31. The largest absolute Gasteiger partial charge is 0.302 e. The Bertz CT molecular complexity index is 171. The predicted octanol–water partition coefficient (Wildman–Crippen LogP) is 2.57. The van der Waals surface area contributed by atoms with Crippen LogP contribution in [0.2, 0.25) is 0 Å². The highest BCUT2D eigenvalue weighted by molar-refractivity contribution is 5.64. The summed E-state index contributed by atoms with van der Waals surface area (Å²) in [6.45, 7) is 8.05. The van der Waals surface area contributed by atoms with Crippen molar-refractivity contribution in [2.75, 3.05) is 0 Å². The zero-order valence-corrected chi connectivity index (χ0v) is 7.39. The molecule has 1 unspecified atom stereocenters. The molecule has 0 radical (unpaired) electrons. The molecule has 0 aromatic rings. The molecule has 1 aliphatic rings. The number of allylic oxidation sites excluding steroid dienone is 1. The van der Waals surface area contributed by atoms with Gasteiger partial charge in [0.2, 0.25) is 0 Å². The Morgan fingerprint density at radius 3 is 2.18 bits per heavy atom. The van der Waals surface area contributed by atoms with Crippen LogP contribution in [0.3, 0.4) is 0 Å². The second-order valence-electron chi connectivity index (χ2n) is 4.10. The van der Waals surface area contributed by atoms with Crippen molar-refractivity contribution in [2.24, 2.45) is 10.8 Å². The van der Waals surface area contributed by atoms with Gasteiger partial charge < -0.3 is 4.79 Å². The molecule has 0 N–H and O–H groups in total. The van der Waals surface area contributed by atoms with Crippen LogP contribution in [0.15, 0.2) is 12.7 Å². The SMILES string of the molecule is C=CC1(C=O)CCCC1(C)C. The summed E-state index contributed by atoms with van der Waals surface area (Å²) in [5, 5.41) is 0. The minimum absolute atomic E-state index is 0.122. The summed E-state index contributed by atoms with van der Waals surface area (Å²) in [7, 11) is 0. The molecule has 0 bridgehead atoms. The van der Waals surface area contributed by atoms with Crippen LogP contribution >= 0.6 is 0 Å². The number of carbonyl (C=O) groups excluding carboxylic acids is 1. The average Bonchev–Trinajstić information content (AvgIpc) is 2.26. The van der Waals surface area contributed by atoms with Gasteiger partial charge in [0.1, 0.15) is 6.29 Å². The average molecular weight is 152 g/mol. The van der Waals surface area contributed by atoms with E-state index in [2.05, 4.69) is 20.4 Å². The lowest BCUT2D eigenvalue weighted by atomic mass is 9.69. The van der Waals surface area contributed by atoms with E-state index in [-0.39, 0.29) is 10.8 Å². The van der Waals surface area contributed by atoms with Crippen LogP contribution in [0.5, 0.6) is 0 Å². The van der Waals surface area contributed by atoms with Crippen LogP contribution in [0.4, 0.5) is 0 Å². The Labute approximate surface area is 68.5 Å². The van der Waals surface area contributed by atoms with E-state index in [1.165, 1.54) is 0 Å². The molecular formula is C10H16O. The quantitative estimate of drug-likeness (QED) is 0.439. The smallest absolute Gasteiger partial charge is 0.130 e. The molecule has 0 spiro atoms. The van der Waals surface area contributed by atoms with E-state index in [4.69, 9.17) is 0 Å². The number of hydrogen-bond acceptors (Lipinski definition) is 1. The molecule has 0 saturated heterocycles. The lowest BCUT2D eigenvalue weighted by molar-refractivity contribution is -0.117. The van der Waals surface area contributed by atoms with Gasteiger partial charge in [-0.3, -0.25) is 0 Å². The number of aldehydes is 1. The van der Waals surface area contributed by atoms with Crippen molar-refractivity contribution in [3.05, 3.63) is 12.7 Å². The van der Waals surface area contributed by atoms with Gasteiger partial charge in [-0.1, -0.05) is 26.3 Å². The van der Waals surface area contributed by atoms with Gasteiger partial charge in [0.15, 0.2) is 0 Å². The van der Waals surface area contributed by atoms with Crippen LogP contribution in [0, 0.1) is 10.8 Å². The van der Waals surface area contributed by atoms with Crippen molar-refractivity contribution in [1.82, 2.24) is 0 Å². The van der Waals surface area contributed by atoms with Crippen LogP contribution in [-0.4, -0.2) is 6.29 Å². The maximum atomic E-state index is 10.9. The Morgan fingerprint density at radius 2 is 2.00 bits per heavy atom. The third-order valence-corrected chi connectivity index (χ3v) is 3.23. The molecular weight excluding hydrogens is 136 g/mol. The Balaban J connectivity index is 2.99. The number of rotatable bonds is 2. The third-order valence-electron chi connectivity index (χ3n) is 3.23. The lowest BCUT2D eigenvalue weighted by Gasteiger charge is -2.33. The normalized spacial score (nSPS) is 35.1. The van der Waals surface area contributed by atoms with E-state index in [0.29, 0.717) is 0 Å². The maximum absolute atomic E-state index is 10.9. The highest BCUT2D eigenvalue weighted by atomic mass is 16.1. The van der Waals surface area contributed by atoms with E-state index in [0.717, 1.165) is 25.5 Å². The zero-order chi connectivity index (χ0) is 8.54. The molecule has 1 atom stereocenters. The zero-order valence-electron chi connectivity index (χ0n) is 7.39. The second kappa shape index (κ2) is 2.47. The fraction of sp³-hybridized carbons (Fsp3) is 0.700. The summed E-state index contributed by atoms with van der Waals surface area (Å²) in [5.41, 5.74) is -0.122. The number of carbonyl (C=O) groups is 1. The standard InChI is InChI=1S/C10H16O/c1-4-10(8-11)7-5-6-9(10,2)3/h4,8H,1,5-7H2,2-3H3. The van der Waals surface area contributed by atoms with Gasteiger partial charge in [-0.15, -0.1) is 6.58 Å². The monoisotopic (exact) mass is 152 g/mol. The summed E-state index contributed by atoms with van der Waals surface area (Å²) in [6.07, 6.45) is 6.17. The molecule has 1 nitrogen and oxygen atoms in total. The third kappa shape index (κ3) is 1.03. The molecule has 1 aliphatic carbocycles. The predicted molar refractivity (Wildman–Crippen MR) is 46.3 cm³/mol. The first-order chi connectivity index (χ1) is 5.08. The Hall–Kier alpha value is -0.590. The van der Waals surface area contributed by atoms with Gasteiger partial charge in [0, 0.05) is 5.41 Å². The van der Waals surface area contributed by atoms with Crippen LogP contribution in [-0.2, 0) is 4.79 Å². The molecule has 62 valence electrons. The molecule has 11 heavy (non-hydrogen) atoms. The second-order valence-corrected chi connectivity index (χ2v) is 4.10. The molecule has 1 heteroatoms. The van der Waals surface area contributed by atoms with Gasteiger partial charge in [-0.25, -0.2) is 0 Å². The summed E-state index contributed by atoms with van der Waals surface area (Å²) in [6, 6.07) is 0. The van der Waals surface area contributed by atoms with Gasteiger partial charge >= 0.3 is 0 Å². The van der Waals surface area contributed by atoms with Crippen LogP contribution < -0.4 is 0 Å². The van der Waals surface area contributed by atoms with Crippen molar-refractivity contribution >= 4 is 6.29 Å². The van der Waals surface area contributed by atoms with E-state index in [1.54, 1.807) is 0 Å². The van der Waals surface area contributed by atoms with Gasteiger partial charge in [-0.2, -0.15) is 0 Å². The summed E-state index contributed by atoms with van der Waals surface area (Å²) in [4.78, 5) is 10.9. The van der Waals surface area contributed by atoms with Crippen molar-refractivity contribution in [1.29, 1.82) is 0 Å².